The second kappa shape index (κ2) is 7.00. The second-order valence-corrected chi connectivity index (χ2v) is 5.15. The molecule has 0 bridgehead atoms. The minimum absolute atomic E-state index is 0.0181. The van der Waals surface area contributed by atoms with E-state index in [1.807, 2.05) is 0 Å². The summed E-state index contributed by atoms with van der Waals surface area (Å²) in [6, 6.07) is 14.6. The normalized spacial score (nSPS) is 10.3. The van der Waals surface area contributed by atoms with Crippen molar-refractivity contribution >= 4 is 17.6 Å². The van der Waals surface area contributed by atoms with Crippen LogP contribution in [0.5, 0.6) is 0 Å². The Bertz CT molecular complexity index is 872. The van der Waals surface area contributed by atoms with E-state index in [-0.39, 0.29) is 16.9 Å². The highest BCUT2D eigenvalue weighted by Crippen LogP contribution is 2.19. The van der Waals surface area contributed by atoms with Crippen LogP contribution in [0.15, 0.2) is 72.9 Å². The van der Waals surface area contributed by atoms with Crippen molar-refractivity contribution in [1.82, 2.24) is 4.98 Å². The minimum atomic E-state index is -0.757. The monoisotopic (exact) mass is 338 g/mol. The summed E-state index contributed by atoms with van der Waals surface area (Å²) in [4.78, 5) is 30.4. The molecule has 0 N–H and O–H groups in total. The van der Waals surface area contributed by atoms with Gasteiger partial charge < -0.3 is 0 Å². The van der Waals surface area contributed by atoms with Gasteiger partial charge in [-0.2, -0.15) is 0 Å². The van der Waals surface area contributed by atoms with E-state index in [4.69, 9.17) is 0 Å². The van der Waals surface area contributed by atoms with Crippen LogP contribution in [0.4, 0.5) is 14.6 Å². The fourth-order valence-corrected chi connectivity index (χ4v) is 2.29. The maximum atomic E-state index is 13.4. The molecule has 1 heterocycles. The summed E-state index contributed by atoms with van der Waals surface area (Å²) in [5, 5.41) is 0. The first kappa shape index (κ1) is 16.4. The predicted octanol–water partition coefficient (Wildman–Crippen LogP) is 3.85. The largest absolute Gasteiger partial charge is 0.268 e. The summed E-state index contributed by atoms with van der Waals surface area (Å²) < 4.78 is 26.9. The number of hydrogen-bond acceptors (Lipinski definition) is 3. The van der Waals surface area contributed by atoms with Crippen LogP contribution in [-0.2, 0) is 0 Å². The molecule has 4 nitrogen and oxygen atoms in total. The van der Waals surface area contributed by atoms with Gasteiger partial charge >= 0.3 is 0 Å². The highest BCUT2D eigenvalue weighted by atomic mass is 19.1. The number of imide groups is 1. The van der Waals surface area contributed by atoms with E-state index in [1.165, 1.54) is 48.7 Å². The number of halogens is 2. The summed E-state index contributed by atoms with van der Waals surface area (Å²) >= 11 is 0. The molecule has 0 unspecified atom stereocenters. The molecule has 0 aliphatic carbocycles. The summed E-state index contributed by atoms with van der Waals surface area (Å²) in [7, 11) is 0. The van der Waals surface area contributed by atoms with Crippen molar-refractivity contribution in [2.75, 3.05) is 4.90 Å². The molecule has 0 atom stereocenters. The molecule has 0 fully saturated rings. The van der Waals surface area contributed by atoms with Crippen LogP contribution in [0, 0.1) is 11.6 Å². The zero-order valence-corrected chi connectivity index (χ0v) is 12.9. The van der Waals surface area contributed by atoms with Crippen LogP contribution in [0.3, 0.4) is 0 Å². The number of carbonyl (C=O) groups excluding carboxylic acids is 2. The Morgan fingerprint density at radius 1 is 0.760 bits per heavy atom. The minimum Gasteiger partial charge on any atom is -0.268 e. The Balaban J connectivity index is 2.07. The molecule has 0 saturated carbocycles. The SMILES string of the molecule is O=C(c1cccc(F)c1)N(C(=O)c1cccc(F)c1)c1ccccn1. The third-order valence-corrected chi connectivity index (χ3v) is 3.43. The molecule has 0 saturated heterocycles. The first-order valence-corrected chi connectivity index (χ1v) is 7.37. The van der Waals surface area contributed by atoms with Crippen LogP contribution in [0.1, 0.15) is 20.7 Å². The van der Waals surface area contributed by atoms with Gasteiger partial charge in [0.05, 0.1) is 0 Å². The number of rotatable bonds is 3. The van der Waals surface area contributed by atoms with Crippen molar-refractivity contribution in [3.8, 4) is 0 Å². The highest BCUT2D eigenvalue weighted by Gasteiger charge is 2.27. The quantitative estimate of drug-likeness (QED) is 0.682. The van der Waals surface area contributed by atoms with Crippen molar-refractivity contribution in [2.24, 2.45) is 0 Å². The topological polar surface area (TPSA) is 50.3 Å². The Hall–Kier alpha value is -3.41. The lowest BCUT2D eigenvalue weighted by Gasteiger charge is -2.20. The van der Waals surface area contributed by atoms with E-state index in [0.717, 1.165) is 17.0 Å². The summed E-state index contributed by atoms with van der Waals surface area (Å²) in [6.45, 7) is 0. The number of pyridine rings is 1. The van der Waals surface area contributed by atoms with Crippen molar-refractivity contribution in [1.29, 1.82) is 0 Å². The lowest BCUT2D eigenvalue weighted by molar-refractivity contribution is 0.0896. The average Bonchev–Trinajstić information content (AvgIpc) is 2.62. The Labute approximate surface area is 142 Å². The second-order valence-electron chi connectivity index (χ2n) is 5.15. The van der Waals surface area contributed by atoms with Crippen LogP contribution in [0.25, 0.3) is 0 Å². The van der Waals surface area contributed by atoms with Crippen LogP contribution < -0.4 is 4.90 Å². The number of hydrogen-bond donors (Lipinski definition) is 0. The first-order valence-electron chi connectivity index (χ1n) is 7.37. The van der Waals surface area contributed by atoms with Gasteiger partial charge in [-0.15, -0.1) is 0 Å². The third-order valence-electron chi connectivity index (χ3n) is 3.43. The smallest absolute Gasteiger partial charge is 0.266 e. The Morgan fingerprint density at radius 3 is 1.76 bits per heavy atom. The van der Waals surface area contributed by atoms with Gasteiger partial charge in [0.15, 0.2) is 0 Å². The summed E-state index contributed by atoms with van der Waals surface area (Å²) in [5.74, 6) is -2.67. The molecule has 0 radical (unpaired) electrons. The molecule has 2 aromatic carbocycles. The van der Waals surface area contributed by atoms with E-state index in [0.29, 0.717) is 0 Å². The van der Waals surface area contributed by atoms with Crippen molar-refractivity contribution in [2.45, 2.75) is 0 Å². The molecule has 0 spiro atoms. The number of carbonyl (C=O) groups is 2. The van der Waals surface area contributed by atoms with E-state index in [2.05, 4.69) is 4.98 Å². The van der Waals surface area contributed by atoms with Crippen LogP contribution >= 0.6 is 0 Å². The number of benzene rings is 2. The van der Waals surface area contributed by atoms with Crippen molar-refractivity contribution in [3.05, 3.63) is 95.7 Å². The van der Waals surface area contributed by atoms with E-state index in [9.17, 15) is 18.4 Å². The highest BCUT2D eigenvalue weighted by molar-refractivity contribution is 6.25. The fraction of sp³-hybridized carbons (Fsp3) is 0. The average molecular weight is 338 g/mol. The van der Waals surface area contributed by atoms with E-state index in [1.54, 1.807) is 12.1 Å². The van der Waals surface area contributed by atoms with Gasteiger partial charge in [0.2, 0.25) is 0 Å². The molecular weight excluding hydrogens is 326 g/mol. The zero-order chi connectivity index (χ0) is 17.8. The number of aromatic nitrogens is 1. The van der Waals surface area contributed by atoms with Crippen LogP contribution in [0.2, 0.25) is 0 Å². The van der Waals surface area contributed by atoms with Gasteiger partial charge in [-0.05, 0) is 48.5 Å². The molecule has 0 aliphatic heterocycles. The molecule has 1 aromatic heterocycles. The number of anilines is 1. The summed E-state index contributed by atoms with van der Waals surface area (Å²) in [6.07, 6.45) is 1.42. The summed E-state index contributed by atoms with van der Waals surface area (Å²) in [5.41, 5.74) is -0.0363. The molecular formula is C19H12F2N2O2. The van der Waals surface area contributed by atoms with Crippen molar-refractivity contribution < 1.29 is 18.4 Å². The molecule has 2 amide bonds. The Morgan fingerprint density at radius 2 is 1.32 bits per heavy atom. The Kier molecular flexibility index (Phi) is 4.61. The first-order chi connectivity index (χ1) is 12.1. The standard InChI is InChI=1S/C19H12F2N2O2/c20-15-7-3-5-13(11-15)18(24)23(17-9-1-2-10-22-17)19(25)14-6-4-8-16(21)12-14/h1-12H. The third kappa shape index (κ3) is 3.58. The number of amides is 2. The predicted molar refractivity (Wildman–Crippen MR) is 88.2 cm³/mol. The maximum Gasteiger partial charge on any atom is 0.266 e. The fourth-order valence-electron chi connectivity index (χ4n) is 2.29. The maximum absolute atomic E-state index is 13.4. The molecule has 0 aliphatic rings. The van der Waals surface area contributed by atoms with Crippen LogP contribution in [-0.4, -0.2) is 16.8 Å². The van der Waals surface area contributed by atoms with Gasteiger partial charge in [-0.1, -0.05) is 18.2 Å². The molecule has 6 heteroatoms. The van der Waals surface area contributed by atoms with Gasteiger partial charge in [-0.3, -0.25) is 9.59 Å². The van der Waals surface area contributed by atoms with Gasteiger partial charge in [0.25, 0.3) is 11.8 Å². The van der Waals surface area contributed by atoms with Gasteiger partial charge in [0, 0.05) is 17.3 Å². The lowest BCUT2D eigenvalue weighted by Crippen LogP contribution is -2.37. The number of nitrogens with zero attached hydrogens (tertiary/aromatic N) is 2. The zero-order valence-electron chi connectivity index (χ0n) is 12.9. The molecule has 3 aromatic rings. The molecule has 25 heavy (non-hydrogen) atoms. The van der Waals surface area contributed by atoms with Crippen molar-refractivity contribution in [3.63, 3.8) is 0 Å². The van der Waals surface area contributed by atoms with E-state index < -0.39 is 23.4 Å². The molecule has 124 valence electrons. The lowest BCUT2D eigenvalue weighted by atomic mass is 10.1. The van der Waals surface area contributed by atoms with Gasteiger partial charge in [-0.25, -0.2) is 18.7 Å². The van der Waals surface area contributed by atoms with Gasteiger partial charge in [0.1, 0.15) is 17.5 Å². The van der Waals surface area contributed by atoms with E-state index >= 15 is 0 Å². The molecule has 3 rings (SSSR count).